The number of para-hydroxylation sites is 1. The Kier molecular flexibility index (Phi) is 16.2. The van der Waals surface area contributed by atoms with Crippen molar-refractivity contribution >= 4 is 11.6 Å². The molecule has 0 atom stereocenters. The summed E-state index contributed by atoms with van der Waals surface area (Å²) in [6.45, 7) is 5.81. The van der Waals surface area contributed by atoms with Gasteiger partial charge in [0.15, 0.2) is 0 Å². The Morgan fingerprint density at radius 3 is 1.69 bits per heavy atom. The van der Waals surface area contributed by atoms with Gasteiger partial charge in [0.05, 0.1) is 0 Å². The highest BCUT2D eigenvalue weighted by Crippen LogP contribution is 2.19. The van der Waals surface area contributed by atoms with Crippen LogP contribution in [0.4, 0.5) is 5.69 Å². The molecular weight excluding hydrogens is 354 g/mol. The van der Waals surface area contributed by atoms with Crippen molar-refractivity contribution < 1.29 is 4.79 Å². The van der Waals surface area contributed by atoms with Gasteiger partial charge in [-0.2, -0.15) is 0 Å². The van der Waals surface area contributed by atoms with Crippen LogP contribution >= 0.6 is 0 Å². The zero-order valence-electron chi connectivity index (χ0n) is 19.0. The zero-order chi connectivity index (χ0) is 21.0. The van der Waals surface area contributed by atoms with Gasteiger partial charge in [-0.3, -0.25) is 4.79 Å². The first-order chi connectivity index (χ1) is 14.3. The van der Waals surface area contributed by atoms with Crippen molar-refractivity contribution in [1.29, 1.82) is 0 Å². The number of benzene rings is 1. The van der Waals surface area contributed by atoms with Crippen molar-refractivity contribution in [3.8, 4) is 0 Å². The molecule has 0 aliphatic rings. The number of rotatable bonds is 19. The van der Waals surface area contributed by atoms with Crippen molar-refractivity contribution in [2.24, 2.45) is 0 Å². The standard InChI is InChI=1S/C27H45NO/c1-3-5-6-7-8-9-10-11-12-13-14-15-16-17-18-19-22-25-23-20-21-24-26(25)28-27(29)4-2/h4,20-21,23-24H,2-3,5-19,22H2,1H3,(H,28,29). The Balaban J connectivity index is 1.92. The minimum absolute atomic E-state index is 0.135. The van der Waals surface area contributed by atoms with E-state index in [-0.39, 0.29) is 5.91 Å². The van der Waals surface area contributed by atoms with E-state index in [2.05, 4.69) is 24.9 Å². The second-order valence-electron chi connectivity index (χ2n) is 8.40. The topological polar surface area (TPSA) is 29.1 Å². The summed E-state index contributed by atoms with van der Waals surface area (Å²) in [6, 6.07) is 8.11. The molecule has 2 heteroatoms. The largest absolute Gasteiger partial charge is 0.322 e. The van der Waals surface area contributed by atoms with E-state index >= 15 is 0 Å². The summed E-state index contributed by atoms with van der Waals surface area (Å²) in [5.41, 5.74) is 2.16. The minimum Gasteiger partial charge on any atom is -0.322 e. The van der Waals surface area contributed by atoms with Crippen molar-refractivity contribution in [2.75, 3.05) is 5.32 Å². The van der Waals surface area contributed by atoms with Crippen LogP contribution in [0, 0.1) is 0 Å². The second-order valence-corrected chi connectivity index (χ2v) is 8.40. The summed E-state index contributed by atoms with van der Waals surface area (Å²) in [4.78, 5) is 11.5. The molecule has 0 saturated heterocycles. The number of carbonyl (C=O) groups excluding carboxylic acids is 1. The molecule has 2 nitrogen and oxygen atoms in total. The molecule has 1 aromatic rings. The number of unbranched alkanes of at least 4 members (excludes halogenated alkanes) is 15. The Morgan fingerprint density at radius 1 is 0.759 bits per heavy atom. The van der Waals surface area contributed by atoms with Crippen molar-refractivity contribution in [2.45, 2.75) is 116 Å². The van der Waals surface area contributed by atoms with Crippen molar-refractivity contribution in [1.82, 2.24) is 0 Å². The van der Waals surface area contributed by atoms with Gasteiger partial charge in [-0.25, -0.2) is 0 Å². The summed E-state index contributed by atoms with van der Waals surface area (Å²) in [5.74, 6) is -0.135. The molecule has 0 aliphatic carbocycles. The van der Waals surface area contributed by atoms with Gasteiger partial charge in [-0.15, -0.1) is 0 Å². The van der Waals surface area contributed by atoms with Crippen LogP contribution in [0.5, 0.6) is 0 Å². The van der Waals surface area contributed by atoms with Crippen LogP contribution in [-0.4, -0.2) is 5.91 Å². The zero-order valence-corrected chi connectivity index (χ0v) is 19.0. The lowest BCUT2D eigenvalue weighted by Gasteiger charge is -2.09. The molecule has 0 unspecified atom stereocenters. The maximum Gasteiger partial charge on any atom is 0.247 e. The SMILES string of the molecule is C=CC(=O)Nc1ccccc1CCCCCCCCCCCCCCCCCC. The van der Waals surface area contributed by atoms with E-state index in [1.165, 1.54) is 114 Å². The summed E-state index contributed by atoms with van der Waals surface area (Å²) in [5, 5.41) is 2.91. The molecule has 1 N–H and O–H groups in total. The van der Waals surface area contributed by atoms with Crippen molar-refractivity contribution in [3.05, 3.63) is 42.5 Å². The van der Waals surface area contributed by atoms with Gasteiger partial charge < -0.3 is 5.32 Å². The number of amides is 1. The lowest BCUT2D eigenvalue weighted by molar-refractivity contribution is -0.111. The third-order valence-electron chi connectivity index (χ3n) is 5.76. The highest BCUT2D eigenvalue weighted by atomic mass is 16.1. The summed E-state index contributed by atoms with van der Waals surface area (Å²) >= 11 is 0. The first kappa shape index (κ1) is 25.5. The molecule has 1 aromatic carbocycles. The molecule has 1 rings (SSSR count). The smallest absolute Gasteiger partial charge is 0.247 e. The third kappa shape index (κ3) is 14.1. The molecule has 0 fully saturated rings. The maximum atomic E-state index is 11.5. The minimum atomic E-state index is -0.135. The molecular formula is C27H45NO. The summed E-state index contributed by atoms with van der Waals surface area (Å²) in [7, 11) is 0. The Hall–Kier alpha value is -1.57. The molecule has 0 bridgehead atoms. The highest BCUT2D eigenvalue weighted by molar-refractivity contribution is 5.99. The average molecular weight is 400 g/mol. The van der Waals surface area contributed by atoms with E-state index in [9.17, 15) is 4.79 Å². The van der Waals surface area contributed by atoms with Crippen LogP contribution in [-0.2, 0) is 11.2 Å². The van der Waals surface area contributed by atoms with Crippen LogP contribution in [0.25, 0.3) is 0 Å². The molecule has 0 spiro atoms. The first-order valence-electron chi connectivity index (χ1n) is 12.3. The number of nitrogens with one attached hydrogen (secondary N) is 1. The number of hydrogen-bond donors (Lipinski definition) is 1. The lowest BCUT2D eigenvalue weighted by atomic mass is 10.0. The van der Waals surface area contributed by atoms with Gasteiger partial charge in [0, 0.05) is 5.69 Å². The van der Waals surface area contributed by atoms with Crippen LogP contribution in [0.3, 0.4) is 0 Å². The molecule has 0 heterocycles. The van der Waals surface area contributed by atoms with Crippen molar-refractivity contribution in [3.63, 3.8) is 0 Å². The third-order valence-corrected chi connectivity index (χ3v) is 5.76. The molecule has 0 radical (unpaired) electrons. The van der Waals surface area contributed by atoms with Gasteiger partial charge >= 0.3 is 0 Å². The van der Waals surface area contributed by atoms with Gasteiger partial charge in [0.1, 0.15) is 0 Å². The van der Waals surface area contributed by atoms with Crippen LogP contribution < -0.4 is 5.32 Å². The van der Waals surface area contributed by atoms with E-state index in [0.717, 1.165) is 12.1 Å². The first-order valence-corrected chi connectivity index (χ1v) is 12.3. The van der Waals surface area contributed by atoms with Crippen LogP contribution in [0.2, 0.25) is 0 Å². The molecule has 0 aliphatic heterocycles. The predicted molar refractivity (Wildman–Crippen MR) is 129 cm³/mol. The average Bonchev–Trinajstić information content (AvgIpc) is 2.74. The number of aryl methyl sites for hydroxylation is 1. The Morgan fingerprint density at radius 2 is 1.21 bits per heavy atom. The fourth-order valence-electron chi connectivity index (χ4n) is 3.91. The van der Waals surface area contributed by atoms with E-state index in [1.54, 1.807) is 0 Å². The van der Waals surface area contributed by atoms with E-state index in [4.69, 9.17) is 0 Å². The monoisotopic (exact) mass is 399 g/mol. The fourth-order valence-corrected chi connectivity index (χ4v) is 3.91. The summed E-state index contributed by atoms with van der Waals surface area (Å²) in [6.07, 6.45) is 24.6. The second kappa shape index (κ2) is 18.5. The predicted octanol–water partition coefficient (Wildman–Crippen LogP) is 8.62. The summed E-state index contributed by atoms with van der Waals surface area (Å²) < 4.78 is 0. The fraction of sp³-hybridized carbons (Fsp3) is 0.667. The van der Waals surface area contributed by atoms with E-state index < -0.39 is 0 Å². The normalized spacial score (nSPS) is 10.8. The van der Waals surface area contributed by atoms with Crippen LogP contribution in [0.1, 0.15) is 115 Å². The maximum absolute atomic E-state index is 11.5. The highest BCUT2D eigenvalue weighted by Gasteiger charge is 2.03. The number of carbonyl (C=O) groups is 1. The van der Waals surface area contributed by atoms with Crippen LogP contribution in [0.15, 0.2) is 36.9 Å². The Labute approximate surface area is 180 Å². The van der Waals surface area contributed by atoms with Gasteiger partial charge in [0.2, 0.25) is 5.91 Å². The van der Waals surface area contributed by atoms with Gasteiger partial charge in [0.25, 0.3) is 0 Å². The molecule has 0 saturated carbocycles. The Bertz CT molecular complexity index is 537. The molecule has 164 valence electrons. The van der Waals surface area contributed by atoms with Gasteiger partial charge in [-0.1, -0.05) is 128 Å². The number of anilines is 1. The lowest BCUT2D eigenvalue weighted by Crippen LogP contribution is -2.09. The quantitative estimate of drug-likeness (QED) is 0.183. The molecule has 1 amide bonds. The molecule has 0 aromatic heterocycles. The van der Waals surface area contributed by atoms with E-state index in [0.29, 0.717) is 0 Å². The number of hydrogen-bond acceptors (Lipinski definition) is 1. The van der Waals surface area contributed by atoms with E-state index in [1.807, 2.05) is 18.2 Å². The van der Waals surface area contributed by atoms with Gasteiger partial charge in [-0.05, 0) is 30.5 Å². The molecule has 29 heavy (non-hydrogen) atoms.